The second kappa shape index (κ2) is 8.21. The van der Waals surface area contributed by atoms with Crippen molar-refractivity contribution in [3.63, 3.8) is 0 Å². The molecular formula is C16H25N8O7P. The Bertz CT molecular complexity index is 1110. The summed E-state index contributed by atoms with van der Waals surface area (Å²) < 4.78 is 24.6. The summed E-state index contributed by atoms with van der Waals surface area (Å²) in [5, 5.41) is 32.6. The fourth-order valence-corrected chi connectivity index (χ4v) is 4.31. The van der Waals surface area contributed by atoms with Gasteiger partial charge in [-0.1, -0.05) is 0 Å². The molecule has 3 rings (SSSR count). The zero-order chi connectivity index (χ0) is 24.1. The number of rotatable bonds is 7. The maximum atomic E-state index is 12.4. The number of aromatic nitrogens is 4. The van der Waals surface area contributed by atoms with E-state index in [0.29, 0.717) is 0 Å². The van der Waals surface area contributed by atoms with Gasteiger partial charge in [-0.25, -0.2) is 15.0 Å². The number of aliphatic hydroxyl groups excluding tert-OH is 2. The molecule has 2 aromatic heterocycles. The van der Waals surface area contributed by atoms with Crippen LogP contribution in [0.2, 0.25) is 0 Å². The topological polar surface area (TPSA) is 235 Å². The monoisotopic (exact) mass is 472 g/mol. The molecule has 1 aliphatic heterocycles. The lowest BCUT2D eigenvalue weighted by atomic mass is 9.97. The van der Waals surface area contributed by atoms with E-state index in [2.05, 4.69) is 25.0 Å². The predicted octanol–water partition coefficient (Wildman–Crippen LogP) is 1.07. The van der Waals surface area contributed by atoms with Gasteiger partial charge in [0.15, 0.2) is 28.6 Å². The van der Waals surface area contributed by atoms with Gasteiger partial charge in [-0.2, -0.15) is 0 Å². The first kappa shape index (κ1) is 24.3. The lowest BCUT2D eigenvalue weighted by molar-refractivity contribution is -0.0624. The Hall–Kier alpha value is -2.35. The van der Waals surface area contributed by atoms with Crippen LogP contribution in [0.1, 0.15) is 40.3 Å². The number of ether oxygens (including phenoxy) is 1. The quantitative estimate of drug-likeness (QED) is 0.165. The lowest BCUT2D eigenvalue weighted by Crippen LogP contribution is -2.38. The van der Waals surface area contributed by atoms with Crippen molar-refractivity contribution in [2.45, 2.75) is 69.6 Å². The van der Waals surface area contributed by atoms with E-state index in [1.807, 2.05) is 0 Å². The number of azide groups is 1. The molecule has 15 nitrogen and oxygen atoms in total. The summed E-state index contributed by atoms with van der Waals surface area (Å²) in [6.45, 7) is 5.23. The number of hydrogen-bond acceptors (Lipinski definition) is 11. The van der Waals surface area contributed by atoms with Gasteiger partial charge >= 0.3 is 7.60 Å². The third-order valence-corrected chi connectivity index (χ3v) is 7.09. The largest absolute Gasteiger partial charge is 0.388 e. The van der Waals surface area contributed by atoms with Crippen molar-refractivity contribution < 1.29 is 34.0 Å². The van der Waals surface area contributed by atoms with Gasteiger partial charge in [-0.05, 0) is 38.3 Å². The SMILES string of the molecule is CC(C)(CC1O[C@@H](n2c(N=[N+]=[N-])nc3c(N)ncnc32)[C@H](O)[C@@H]1O)OP(=O)(O)C(C)(C)O. The number of hydrogen-bond donors (Lipinski definition) is 5. The zero-order valence-electron chi connectivity index (χ0n) is 17.8. The van der Waals surface area contributed by atoms with Gasteiger partial charge in [0.2, 0.25) is 5.95 Å². The Morgan fingerprint density at radius 2 is 2.00 bits per heavy atom. The average molecular weight is 472 g/mol. The fraction of sp³-hybridized carbons (Fsp3) is 0.688. The van der Waals surface area contributed by atoms with Crippen molar-refractivity contribution in [1.82, 2.24) is 19.5 Å². The van der Waals surface area contributed by atoms with Gasteiger partial charge in [-0.3, -0.25) is 9.13 Å². The van der Waals surface area contributed by atoms with E-state index >= 15 is 0 Å². The highest BCUT2D eigenvalue weighted by Crippen LogP contribution is 2.57. The lowest BCUT2D eigenvalue weighted by Gasteiger charge is -2.34. The van der Waals surface area contributed by atoms with Crippen LogP contribution in [0.5, 0.6) is 0 Å². The molecule has 0 bridgehead atoms. The maximum Gasteiger partial charge on any atom is 0.359 e. The summed E-state index contributed by atoms with van der Waals surface area (Å²) in [5.74, 6) is -0.212. The van der Waals surface area contributed by atoms with Crippen LogP contribution in [-0.2, 0) is 13.8 Å². The van der Waals surface area contributed by atoms with Gasteiger partial charge in [-0.15, -0.1) is 0 Å². The van der Waals surface area contributed by atoms with Gasteiger partial charge in [0, 0.05) is 11.3 Å². The third-order valence-electron chi connectivity index (χ3n) is 4.97. The van der Waals surface area contributed by atoms with Crippen LogP contribution >= 0.6 is 7.60 Å². The molecule has 0 aliphatic carbocycles. The van der Waals surface area contributed by atoms with E-state index in [1.165, 1.54) is 18.4 Å². The van der Waals surface area contributed by atoms with E-state index in [9.17, 15) is 24.8 Å². The van der Waals surface area contributed by atoms with E-state index < -0.39 is 43.1 Å². The predicted molar refractivity (Wildman–Crippen MR) is 110 cm³/mol. The Morgan fingerprint density at radius 1 is 1.34 bits per heavy atom. The summed E-state index contributed by atoms with van der Waals surface area (Å²) in [6, 6.07) is 0. The fourth-order valence-electron chi connectivity index (χ4n) is 3.34. The van der Waals surface area contributed by atoms with Crippen LogP contribution in [0.3, 0.4) is 0 Å². The van der Waals surface area contributed by atoms with Crippen LogP contribution in [-0.4, -0.2) is 69.0 Å². The molecule has 2 unspecified atom stereocenters. The number of nitrogens with two attached hydrogens (primary N) is 1. The minimum absolute atomic E-state index is 0.00701. The number of nitrogen functional groups attached to an aromatic ring is 1. The molecule has 2 aromatic rings. The normalized spacial score (nSPS) is 26.1. The molecule has 3 heterocycles. The summed E-state index contributed by atoms with van der Waals surface area (Å²) in [6.07, 6.45) is -4.28. The van der Waals surface area contributed by atoms with Crippen LogP contribution in [0.4, 0.5) is 11.8 Å². The van der Waals surface area contributed by atoms with Gasteiger partial charge < -0.3 is 35.2 Å². The average Bonchev–Trinajstić information content (AvgIpc) is 3.13. The smallest absolute Gasteiger partial charge is 0.359 e. The third kappa shape index (κ3) is 4.42. The molecule has 0 aromatic carbocycles. The highest BCUT2D eigenvalue weighted by molar-refractivity contribution is 7.54. The number of anilines is 1. The summed E-state index contributed by atoms with van der Waals surface area (Å²) in [4.78, 5) is 24.7. The summed E-state index contributed by atoms with van der Waals surface area (Å²) in [5.41, 5.74) is 13.5. The van der Waals surface area contributed by atoms with Crippen LogP contribution < -0.4 is 5.73 Å². The second-order valence-corrected chi connectivity index (χ2v) is 10.8. The molecule has 5 atom stereocenters. The first-order chi connectivity index (χ1) is 14.7. The summed E-state index contributed by atoms with van der Waals surface area (Å²) >= 11 is 0. The minimum atomic E-state index is -4.45. The molecule has 32 heavy (non-hydrogen) atoms. The maximum absolute atomic E-state index is 12.4. The molecule has 6 N–H and O–H groups in total. The zero-order valence-corrected chi connectivity index (χ0v) is 18.7. The molecular weight excluding hydrogens is 447 g/mol. The van der Waals surface area contributed by atoms with E-state index in [-0.39, 0.29) is 29.4 Å². The Morgan fingerprint density at radius 3 is 2.59 bits per heavy atom. The van der Waals surface area contributed by atoms with E-state index in [0.717, 1.165) is 20.2 Å². The van der Waals surface area contributed by atoms with Gasteiger partial charge in [0.05, 0.1) is 11.7 Å². The van der Waals surface area contributed by atoms with Crippen molar-refractivity contribution in [2.24, 2.45) is 5.11 Å². The first-order valence-electron chi connectivity index (χ1n) is 9.49. The van der Waals surface area contributed by atoms with E-state index in [1.54, 1.807) is 0 Å². The Kier molecular flexibility index (Phi) is 6.23. The Balaban J connectivity index is 1.92. The van der Waals surface area contributed by atoms with Crippen molar-refractivity contribution in [2.75, 3.05) is 5.73 Å². The number of fused-ring (bicyclic) bond motifs is 1. The molecule has 0 spiro atoms. The van der Waals surface area contributed by atoms with Crippen molar-refractivity contribution in [1.29, 1.82) is 0 Å². The number of aliphatic hydroxyl groups is 3. The second-order valence-electron chi connectivity index (χ2n) is 8.52. The van der Waals surface area contributed by atoms with Gasteiger partial charge in [0.25, 0.3) is 0 Å². The number of imidazole rings is 1. The minimum Gasteiger partial charge on any atom is -0.388 e. The van der Waals surface area contributed by atoms with Crippen LogP contribution in [0.25, 0.3) is 21.6 Å². The van der Waals surface area contributed by atoms with E-state index in [4.69, 9.17) is 20.5 Å². The molecule has 1 aliphatic rings. The van der Waals surface area contributed by atoms with Crippen molar-refractivity contribution in [3.05, 3.63) is 16.8 Å². The molecule has 1 saturated heterocycles. The standard InChI is InChI=1S/C16H25N8O7P/c1-15(2,31-32(28,29)16(3,4)27)5-7-9(25)10(26)13(30-7)24-12-8(11(17)19-6-20-12)21-14(24)22-23-18/h6-7,9-10,13,25-27H,5H2,1-4H3,(H,28,29)(H2,17,19,20)/t7?,9-,10-,13-/m1/s1. The molecule has 0 radical (unpaired) electrons. The molecule has 16 heteroatoms. The molecule has 0 amide bonds. The van der Waals surface area contributed by atoms with Crippen molar-refractivity contribution >= 4 is 30.5 Å². The first-order valence-corrected chi connectivity index (χ1v) is 11.1. The van der Waals surface area contributed by atoms with Crippen LogP contribution in [0.15, 0.2) is 11.4 Å². The molecule has 1 fully saturated rings. The Labute approximate surface area is 182 Å². The van der Waals surface area contributed by atoms with Crippen LogP contribution in [0, 0.1) is 0 Å². The summed E-state index contributed by atoms with van der Waals surface area (Å²) in [7, 11) is -4.45. The number of nitrogens with zero attached hydrogens (tertiary/aromatic N) is 7. The van der Waals surface area contributed by atoms with Gasteiger partial charge in [0.1, 0.15) is 18.5 Å². The molecule has 176 valence electrons. The highest BCUT2D eigenvalue weighted by atomic mass is 31.2. The molecule has 0 saturated carbocycles. The van der Waals surface area contributed by atoms with Crippen molar-refractivity contribution in [3.8, 4) is 0 Å². The highest BCUT2D eigenvalue weighted by Gasteiger charge is 2.49.